The molecule has 1 aliphatic heterocycles. The molecule has 1 saturated heterocycles. The number of rotatable bonds is 5. The van der Waals surface area contributed by atoms with Gasteiger partial charge in [-0.3, -0.25) is 4.79 Å². The Labute approximate surface area is 147 Å². The summed E-state index contributed by atoms with van der Waals surface area (Å²) in [4.78, 5) is 14.7. The number of nitrogens with one attached hydrogen (secondary N) is 1. The third kappa shape index (κ3) is 3.74. The Kier molecular flexibility index (Phi) is 5.48. The summed E-state index contributed by atoms with van der Waals surface area (Å²) in [6, 6.07) is 7.93. The molecule has 1 aromatic heterocycles. The third-order valence-corrected chi connectivity index (χ3v) is 4.88. The van der Waals surface area contributed by atoms with Crippen LogP contribution in [0.4, 0.5) is 4.39 Å². The van der Waals surface area contributed by atoms with E-state index < -0.39 is 0 Å². The van der Waals surface area contributed by atoms with Gasteiger partial charge in [0.25, 0.3) is 5.91 Å². The van der Waals surface area contributed by atoms with Gasteiger partial charge in [-0.2, -0.15) is 0 Å². The maximum absolute atomic E-state index is 13.6. The highest BCUT2D eigenvalue weighted by atomic mass is 19.1. The van der Waals surface area contributed by atoms with Crippen LogP contribution in [0.2, 0.25) is 0 Å². The zero-order valence-electron chi connectivity index (χ0n) is 14.7. The lowest BCUT2D eigenvalue weighted by Crippen LogP contribution is -2.48. The first kappa shape index (κ1) is 17.6. The van der Waals surface area contributed by atoms with Crippen molar-refractivity contribution in [2.24, 2.45) is 0 Å². The summed E-state index contributed by atoms with van der Waals surface area (Å²) < 4.78 is 18.9. The second-order valence-corrected chi connectivity index (χ2v) is 6.40. The zero-order chi connectivity index (χ0) is 17.8. The fraction of sp³-hybridized carbons (Fsp3) is 0.474. The number of benzene rings is 1. The summed E-state index contributed by atoms with van der Waals surface area (Å²) in [6.07, 6.45) is 1.91. The van der Waals surface area contributed by atoms with Crippen molar-refractivity contribution in [3.05, 3.63) is 53.2 Å². The third-order valence-electron chi connectivity index (χ3n) is 4.88. The Hall–Kier alpha value is -2.21. The molecule has 1 aromatic carbocycles. The maximum atomic E-state index is 13.6. The first-order chi connectivity index (χ1) is 12.1. The molecule has 0 spiro atoms. The second-order valence-electron chi connectivity index (χ2n) is 6.40. The summed E-state index contributed by atoms with van der Waals surface area (Å²) >= 11 is 0. The van der Waals surface area contributed by atoms with Gasteiger partial charge in [-0.25, -0.2) is 4.39 Å². The number of carbonyl (C=O) groups is 1. The van der Waals surface area contributed by atoms with Gasteiger partial charge in [0.2, 0.25) is 5.76 Å². The largest absolute Gasteiger partial charge is 0.351 e. The van der Waals surface area contributed by atoms with Crippen molar-refractivity contribution < 1.29 is 13.7 Å². The number of hydrogen-bond donors (Lipinski definition) is 1. The molecule has 1 amide bonds. The van der Waals surface area contributed by atoms with Gasteiger partial charge in [-0.15, -0.1) is 0 Å². The van der Waals surface area contributed by atoms with Crippen LogP contribution in [-0.2, 0) is 0 Å². The van der Waals surface area contributed by atoms with Crippen molar-refractivity contribution in [3.63, 3.8) is 0 Å². The molecule has 5 nitrogen and oxygen atoms in total. The van der Waals surface area contributed by atoms with Gasteiger partial charge in [0.05, 0.1) is 11.7 Å². The molecule has 1 atom stereocenters. The fourth-order valence-corrected chi connectivity index (χ4v) is 3.39. The van der Waals surface area contributed by atoms with Gasteiger partial charge in [-0.1, -0.05) is 31.1 Å². The molecule has 3 rings (SSSR count). The predicted octanol–water partition coefficient (Wildman–Crippen LogP) is 3.50. The van der Waals surface area contributed by atoms with E-state index in [0.717, 1.165) is 24.1 Å². The lowest BCUT2D eigenvalue weighted by Gasteiger charge is -2.35. The minimum Gasteiger partial charge on any atom is -0.351 e. The van der Waals surface area contributed by atoms with Gasteiger partial charge in [0, 0.05) is 31.6 Å². The van der Waals surface area contributed by atoms with Crippen LogP contribution in [0.1, 0.15) is 60.5 Å². The van der Waals surface area contributed by atoms with Crippen molar-refractivity contribution in [1.82, 2.24) is 15.4 Å². The van der Waals surface area contributed by atoms with Crippen molar-refractivity contribution >= 4 is 5.91 Å². The van der Waals surface area contributed by atoms with Crippen molar-refractivity contribution in [2.75, 3.05) is 19.6 Å². The molecule has 0 radical (unpaired) electrons. The number of nitrogens with zero attached hydrogens (tertiary/aromatic N) is 2. The zero-order valence-corrected chi connectivity index (χ0v) is 14.7. The Morgan fingerprint density at radius 3 is 2.92 bits per heavy atom. The Balaban J connectivity index is 1.84. The van der Waals surface area contributed by atoms with Crippen LogP contribution in [0, 0.1) is 5.82 Å². The smallest absolute Gasteiger partial charge is 0.293 e. The normalized spacial score (nSPS) is 17.9. The van der Waals surface area contributed by atoms with Crippen LogP contribution in [-0.4, -0.2) is 35.6 Å². The molecule has 1 fully saturated rings. The predicted molar refractivity (Wildman–Crippen MR) is 92.9 cm³/mol. The summed E-state index contributed by atoms with van der Waals surface area (Å²) in [5.74, 6) is 0.0594. The monoisotopic (exact) mass is 345 g/mol. The number of piperazine rings is 1. The SMILES string of the molecule is CCC(CC)c1cc(C(=O)N2CCNCC2c2cccc(F)c2)on1. The van der Waals surface area contributed by atoms with E-state index in [0.29, 0.717) is 25.6 Å². The van der Waals surface area contributed by atoms with E-state index in [4.69, 9.17) is 4.52 Å². The lowest BCUT2D eigenvalue weighted by molar-refractivity contribution is 0.0591. The standard InChI is InChI=1S/C19H24FN3O2/c1-3-13(4-2)16-11-18(25-22-16)19(24)23-9-8-21-12-17(23)14-6-5-7-15(20)10-14/h5-7,10-11,13,17,21H,3-4,8-9,12H2,1-2H3. The number of halogens is 1. The molecular weight excluding hydrogens is 321 g/mol. The van der Waals surface area contributed by atoms with Crippen molar-refractivity contribution in [2.45, 2.75) is 38.6 Å². The molecule has 2 aromatic rings. The van der Waals surface area contributed by atoms with Crippen LogP contribution in [0.15, 0.2) is 34.9 Å². The highest BCUT2D eigenvalue weighted by Gasteiger charge is 2.31. The molecule has 0 aliphatic carbocycles. The van der Waals surface area contributed by atoms with Crippen molar-refractivity contribution in [3.8, 4) is 0 Å². The molecule has 1 N–H and O–H groups in total. The van der Waals surface area contributed by atoms with E-state index in [-0.39, 0.29) is 23.5 Å². The summed E-state index contributed by atoms with van der Waals surface area (Å²) in [7, 11) is 0. The summed E-state index contributed by atoms with van der Waals surface area (Å²) in [5, 5.41) is 7.36. The second kappa shape index (κ2) is 7.78. The molecule has 1 unspecified atom stereocenters. The van der Waals surface area contributed by atoms with Crippen LogP contribution in [0.25, 0.3) is 0 Å². The Morgan fingerprint density at radius 1 is 1.40 bits per heavy atom. The average molecular weight is 345 g/mol. The molecule has 0 saturated carbocycles. The topological polar surface area (TPSA) is 58.4 Å². The van der Waals surface area contributed by atoms with E-state index in [1.165, 1.54) is 12.1 Å². The molecular formula is C19H24FN3O2. The van der Waals surface area contributed by atoms with Crippen LogP contribution in [0.5, 0.6) is 0 Å². The number of amides is 1. The molecule has 6 heteroatoms. The molecule has 1 aliphatic rings. The summed E-state index contributed by atoms with van der Waals surface area (Å²) in [5.41, 5.74) is 1.60. The van der Waals surface area contributed by atoms with E-state index in [1.807, 2.05) is 6.07 Å². The van der Waals surface area contributed by atoms with Crippen LogP contribution < -0.4 is 5.32 Å². The van der Waals surface area contributed by atoms with Gasteiger partial charge >= 0.3 is 0 Å². The quantitative estimate of drug-likeness (QED) is 0.901. The highest BCUT2D eigenvalue weighted by Crippen LogP contribution is 2.27. The first-order valence-electron chi connectivity index (χ1n) is 8.87. The minimum atomic E-state index is -0.300. The number of aromatic nitrogens is 1. The highest BCUT2D eigenvalue weighted by molar-refractivity contribution is 5.92. The minimum absolute atomic E-state index is 0.194. The molecule has 2 heterocycles. The van der Waals surface area contributed by atoms with E-state index in [2.05, 4.69) is 24.3 Å². The van der Waals surface area contributed by atoms with E-state index in [1.54, 1.807) is 17.0 Å². The van der Waals surface area contributed by atoms with E-state index in [9.17, 15) is 9.18 Å². The van der Waals surface area contributed by atoms with Crippen LogP contribution in [0.3, 0.4) is 0 Å². The van der Waals surface area contributed by atoms with Gasteiger partial charge < -0.3 is 14.7 Å². The fourth-order valence-electron chi connectivity index (χ4n) is 3.39. The Morgan fingerprint density at radius 2 is 2.20 bits per heavy atom. The van der Waals surface area contributed by atoms with Crippen molar-refractivity contribution in [1.29, 1.82) is 0 Å². The maximum Gasteiger partial charge on any atom is 0.293 e. The van der Waals surface area contributed by atoms with Gasteiger partial charge in [0.1, 0.15) is 5.82 Å². The van der Waals surface area contributed by atoms with Gasteiger partial charge in [0.15, 0.2) is 0 Å². The van der Waals surface area contributed by atoms with E-state index >= 15 is 0 Å². The molecule has 0 bridgehead atoms. The molecule has 134 valence electrons. The average Bonchev–Trinajstić information content (AvgIpc) is 3.12. The van der Waals surface area contributed by atoms with Gasteiger partial charge in [-0.05, 0) is 30.5 Å². The summed E-state index contributed by atoms with van der Waals surface area (Å²) in [6.45, 7) is 6.02. The number of hydrogen-bond acceptors (Lipinski definition) is 4. The van der Waals surface area contributed by atoms with Crippen LogP contribution >= 0.6 is 0 Å². The Bertz CT molecular complexity index is 727. The number of carbonyl (C=O) groups excluding carboxylic acids is 1. The first-order valence-corrected chi connectivity index (χ1v) is 8.87. The molecule has 25 heavy (non-hydrogen) atoms. The lowest BCUT2D eigenvalue weighted by atomic mass is 9.99.